The molecule has 0 amide bonds. The molecule has 21 heavy (non-hydrogen) atoms. The zero-order valence-electron chi connectivity index (χ0n) is 14.3. The number of benzene rings is 1. The third kappa shape index (κ3) is 7.65. The fourth-order valence-corrected chi connectivity index (χ4v) is 1.65. The Bertz CT molecular complexity index is 447. The topological polar surface area (TPSA) is 17.1 Å². The molecule has 1 nitrogen and oxygen atoms in total. The van der Waals surface area contributed by atoms with Gasteiger partial charge in [-0.2, -0.15) is 0 Å². The molecule has 0 spiro atoms. The largest absolute Gasteiger partial charge is 0.289 e. The molecule has 0 bridgehead atoms. The molecule has 116 valence electrons. The van der Waals surface area contributed by atoms with Gasteiger partial charge in [0.25, 0.3) is 0 Å². The van der Waals surface area contributed by atoms with Crippen molar-refractivity contribution >= 4 is 5.78 Å². The molecular weight excluding hydrogens is 256 g/mol. The standard InChI is InChI=1S/C14H14O.C4H10.C2H6/c1-11-7-9-13(10-8-11)14(15)12-5-3-2-4-6-12;1-3-4-2;1-2/h3,5-10H,2,4H2,1H3;3-4H2,1-2H3;1-2H3. The highest BCUT2D eigenvalue weighted by molar-refractivity contribution is 6.10. The monoisotopic (exact) mass is 286 g/mol. The van der Waals surface area contributed by atoms with Crippen molar-refractivity contribution in [1.82, 2.24) is 0 Å². The van der Waals surface area contributed by atoms with E-state index in [1.54, 1.807) is 0 Å². The van der Waals surface area contributed by atoms with Gasteiger partial charge in [0.05, 0.1) is 0 Å². The summed E-state index contributed by atoms with van der Waals surface area (Å²) < 4.78 is 0. The molecule has 1 aliphatic rings. The molecule has 0 N–H and O–H groups in total. The van der Waals surface area contributed by atoms with Crippen LogP contribution in [0.25, 0.3) is 0 Å². The Morgan fingerprint density at radius 1 is 1.00 bits per heavy atom. The zero-order chi connectivity index (χ0) is 16.1. The number of carbonyl (C=O) groups is 1. The summed E-state index contributed by atoms with van der Waals surface area (Å²) in [5.74, 6) is 0.131. The van der Waals surface area contributed by atoms with Crippen molar-refractivity contribution in [2.75, 3.05) is 0 Å². The maximum atomic E-state index is 12.0. The van der Waals surface area contributed by atoms with Crippen LogP contribution in [0.2, 0.25) is 0 Å². The summed E-state index contributed by atoms with van der Waals surface area (Å²) in [5.41, 5.74) is 2.78. The summed E-state index contributed by atoms with van der Waals surface area (Å²) in [6, 6.07) is 7.72. The predicted molar refractivity (Wildman–Crippen MR) is 93.9 cm³/mol. The van der Waals surface area contributed by atoms with Gasteiger partial charge >= 0.3 is 0 Å². The molecule has 0 unspecified atom stereocenters. The van der Waals surface area contributed by atoms with Crippen LogP contribution in [-0.2, 0) is 0 Å². The molecule has 0 saturated heterocycles. The molecule has 2 rings (SSSR count). The van der Waals surface area contributed by atoms with Gasteiger partial charge in [-0.15, -0.1) is 0 Å². The summed E-state index contributed by atoms with van der Waals surface area (Å²) in [6.45, 7) is 10.4. The van der Waals surface area contributed by atoms with Crippen molar-refractivity contribution in [3.8, 4) is 0 Å². The van der Waals surface area contributed by atoms with Crippen LogP contribution in [-0.4, -0.2) is 5.78 Å². The summed E-state index contributed by atoms with van der Waals surface area (Å²) >= 11 is 0. The average Bonchev–Trinajstić information content (AvgIpc) is 2.58. The zero-order valence-corrected chi connectivity index (χ0v) is 14.3. The maximum absolute atomic E-state index is 12.0. The SMILES string of the molecule is CC.CCCC.Cc1ccc(C(=O)C2=CCCC=C2)cc1. The van der Waals surface area contributed by atoms with Crippen LogP contribution in [0.1, 0.15) is 69.3 Å². The van der Waals surface area contributed by atoms with E-state index in [1.165, 1.54) is 18.4 Å². The first kappa shape index (κ1) is 19.4. The Morgan fingerprint density at radius 2 is 1.57 bits per heavy atom. The van der Waals surface area contributed by atoms with Crippen LogP contribution in [0.15, 0.2) is 48.1 Å². The lowest BCUT2D eigenvalue weighted by Crippen LogP contribution is -2.03. The van der Waals surface area contributed by atoms with Gasteiger partial charge in [-0.1, -0.05) is 88.6 Å². The van der Waals surface area contributed by atoms with Crippen LogP contribution in [0.5, 0.6) is 0 Å². The molecule has 0 aliphatic heterocycles. The van der Waals surface area contributed by atoms with E-state index >= 15 is 0 Å². The first-order valence-corrected chi connectivity index (χ1v) is 8.17. The molecule has 0 atom stereocenters. The third-order valence-electron chi connectivity index (χ3n) is 3.07. The highest BCUT2D eigenvalue weighted by Crippen LogP contribution is 2.15. The maximum Gasteiger partial charge on any atom is 0.192 e. The number of carbonyl (C=O) groups excluding carboxylic acids is 1. The van der Waals surface area contributed by atoms with Gasteiger partial charge in [0, 0.05) is 11.1 Å². The number of hydrogen-bond donors (Lipinski definition) is 0. The lowest BCUT2D eigenvalue weighted by Gasteiger charge is -2.06. The van der Waals surface area contributed by atoms with Gasteiger partial charge < -0.3 is 0 Å². The van der Waals surface area contributed by atoms with Crippen molar-refractivity contribution in [2.45, 2.75) is 60.3 Å². The minimum Gasteiger partial charge on any atom is -0.289 e. The van der Waals surface area contributed by atoms with Gasteiger partial charge in [-0.25, -0.2) is 0 Å². The second-order valence-corrected chi connectivity index (χ2v) is 4.83. The quantitative estimate of drug-likeness (QED) is 0.597. The Labute approximate surface area is 130 Å². The van der Waals surface area contributed by atoms with Gasteiger partial charge in [-0.3, -0.25) is 4.79 Å². The number of aryl methyl sites for hydroxylation is 1. The molecule has 1 aromatic carbocycles. The van der Waals surface area contributed by atoms with Crippen molar-refractivity contribution in [3.05, 3.63) is 59.2 Å². The second-order valence-electron chi connectivity index (χ2n) is 4.83. The second kappa shape index (κ2) is 12.1. The summed E-state index contributed by atoms with van der Waals surface area (Å²) in [7, 11) is 0. The number of allylic oxidation sites excluding steroid dienone is 4. The number of Topliss-reactive ketones (excluding diaryl/α,β-unsaturated/α-hetero) is 1. The first-order chi connectivity index (χ1) is 10.2. The molecule has 0 fully saturated rings. The van der Waals surface area contributed by atoms with Crippen molar-refractivity contribution in [1.29, 1.82) is 0 Å². The summed E-state index contributed by atoms with van der Waals surface area (Å²) in [6.07, 6.45) is 10.7. The molecule has 0 heterocycles. The lowest BCUT2D eigenvalue weighted by atomic mass is 9.98. The van der Waals surface area contributed by atoms with E-state index in [9.17, 15) is 4.79 Å². The third-order valence-corrected chi connectivity index (χ3v) is 3.07. The van der Waals surface area contributed by atoms with E-state index in [0.29, 0.717) is 0 Å². The van der Waals surface area contributed by atoms with Crippen LogP contribution < -0.4 is 0 Å². The van der Waals surface area contributed by atoms with Crippen molar-refractivity contribution < 1.29 is 4.79 Å². The van der Waals surface area contributed by atoms with Crippen LogP contribution in [0, 0.1) is 6.92 Å². The molecule has 1 aromatic rings. The number of rotatable bonds is 3. The van der Waals surface area contributed by atoms with Crippen LogP contribution in [0.3, 0.4) is 0 Å². The van der Waals surface area contributed by atoms with Gasteiger partial charge in [-0.05, 0) is 19.8 Å². The van der Waals surface area contributed by atoms with E-state index < -0.39 is 0 Å². The summed E-state index contributed by atoms with van der Waals surface area (Å²) in [4.78, 5) is 12.0. The molecule has 0 radical (unpaired) electrons. The normalized spacial score (nSPS) is 12.3. The Balaban J connectivity index is 0.000000579. The Morgan fingerprint density at radius 3 is 2.00 bits per heavy atom. The molecule has 0 aromatic heterocycles. The Kier molecular flexibility index (Phi) is 11.2. The minimum atomic E-state index is 0.131. The summed E-state index contributed by atoms with van der Waals surface area (Å²) in [5, 5.41) is 0. The number of unbranched alkanes of at least 4 members (excludes halogenated alkanes) is 1. The smallest absolute Gasteiger partial charge is 0.192 e. The van der Waals surface area contributed by atoms with Gasteiger partial charge in [0.2, 0.25) is 0 Å². The lowest BCUT2D eigenvalue weighted by molar-refractivity contribution is 0.103. The van der Waals surface area contributed by atoms with E-state index in [2.05, 4.69) is 19.9 Å². The highest BCUT2D eigenvalue weighted by Gasteiger charge is 2.10. The van der Waals surface area contributed by atoms with E-state index in [1.807, 2.05) is 57.2 Å². The van der Waals surface area contributed by atoms with Crippen LogP contribution >= 0.6 is 0 Å². The molecule has 1 heteroatoms. The van der Waals surface area contributed by atoms with E-state index in [-0.39, 0.29) is 5.78 Å². The predicted octanol–water partition coefficient (Wildman–Crippen LogP) is 6.29. The molecule has 0 saturated carbocycles. The highest BCUT2D eigenvalue weighted by atomic mass is 16.1. The van der Waals surface area contributed by atoms with Gasteiger partial charge in [0.15, 0.2) is 5.78 Å². The average molecular weight is 286 g/mol. The van der Waals surface area contributed by atoms with Crippen molar-refractivity contribution in [3.63, 3.8) is 0 Å². The fraction of sp³-hybridized carbons (Fsp3) is 0.450. The van der Waals surface area contributed by atoms with E-state index in [0.717, 1.165) is 24.0 Å². The van der Waals surface area contributed by atoms with Gasteiger partial charge in [0.1, 0.15) is 0 Å². The number of hydrogen-bond acceptors (Lipinski definition) is 1. The van der Waals surface area contributed by atoms with Crippen LogP contribution in [0.4, 0.5) is 0 Å². The molecular formula is C20H30O. The minimum absolute atomic E-state index is 0.131. The Hall–Kier alpha value is -1.63. The fourth-order valence-electron chi connectivity index (χ4n) is 1.65. The first-order valence-electron chi connectivity index (χ1n) is 8.17. The number of ketones is 1. The van der Waals surface area contributed by atoms with Crippen molar-refractivity contribution in [2.24, 2.45) is 0 Å². The molecule has 1 aliphatic carbocycles. The van der Waals surface area contributed by atoms with E-state index in [4.69, 9.17) is 0 Å².